The molecule has 7 heteroatoms. The highest BCUT2D eigenvalue weighted by atomic mass is 16.2. The Morgan fingerprint density at radius 1 is 1.15 bits per heavy atom. The summed E-state index contributed by atoms with van der Waals surface area (Å²) in [6.45, 7) is 2.35. The second-order valence-electron chi connectivity index (χ2n) is 6.63. The fraction of sp³-hybridized carbons (Fsp3) is 0.368. The first kappa shape index (κ1) is 16.5. The molecule has 1 aliphatic carbocycles. The molecule has 134 valence electrons. The quantitative estimate of drug-likeness (QED) is 0.673. The van der Waals surface area contributed by atoms with E-state index < -0.39 is 5.91 Å². The molecule has 0 saturated carbocycles. The predicted molar refractivity (Wildman–Crippen MR) is 96.1 cm³/mol. The van der Waals surface area contributed by atoms with Crippen LogP contribution in [0, 0.1) is 11.8 Å². The van der Waals surface area contributed by atoms with Crippen molar-refractivity contribution in [2.45, 2.75) is 26.3 Å². The molecule has 1 saturated heterocycles. The minimum atomic E-state index is -0.414. The average molecular weight is 352 g/mol. The number of allylic oxidation sites excluding steroid dienone is 2. The molecule has 1 fully saturated rings. The lowest BCUT2D eigenvalue weighted by molar-refractivity contribution is -0.142. The molecule has 7 nitrogen and oxygen atoms in total. The van der Waals surface area contributed by atoms with Crippen LogP contribution in [0.1, 0.15) is 19.8 Å². The zero-order chi connectivity index (χ0) is 18.3. The normalized spacial score (nSPS) is 22.1. The number of nitrogens with one attached hydrogen (secondary N) is 1. The number of likely N-dealkylation sites (tertiary alicyclic amines) is 1. The lowest BCUT2D eigenvalue weighted by Gasteiger charge is -2.14. The predicted octanol–water partition coefficient (Wildman–Crippen LogP) is 1.95. The number of hydrogen-bond donors (Lipinski definition) is 1. The molecule has 2 heterocycles. The molecule has 2 aliphatic rings. The monoisotopic (exact) mass is 352 g/mol. The number of fused-ring (bicyclic) bond motifs is 2. The van der Waals surface area contributed by atoms with Gasteiger partial charge in [-0.1, -0.05) is 24.3 Å². The Morgan fingerprint density at radius 3 is 2.46 bits per heavy atom. The third-order valence-corrected chi connectivity index (χ3v) is 5.12. The largest absolute Gasteiger partial charge is 0.310 e. The summed E-state index contributed by atoms with van der Waals surface area (Å²) < 4.78 is 1.89. The first-order chi connectivity index (χ1) is 12.6. The Hall–Kier alpha value is -2.96. The van der Waals surface area contributed by atoms with Crippen molar-refractivity contribution in [2.75, 3.05) is 11.9 Å². The number of rotatable bonds is 4. The van der Waals surface area contributed by atoms with Crippen molar-refractivity contribution < 1.29 is 14.4 Å². The van der Waals surface area contributed by atoms with Gasteiger partial charge < -0.3 is 4.57 Å². The van der Waals surface area contributed by atoms with Crippen LogP contribution >= 0.6 is 0 Å². The molecule has 2 unspecified atom stereocenters. The molecule has 1 aromatic carbocycles. The lowest BCUT2D eigenvalue weighted by Crippen LogP contribution is -2.38. The van der Waals surface area contributed by atoms with E-state index in [1.54, 1.807) is 0 Å². The number of amides is 3. The van der Waals surface area contributed by atoms with Gasteiger partial charge in [-0.2, -0.15) is 0 Å². The molecule has 1 aliphatic heterocycles. The third-order valence-electron chi connectivity index (χ3n) is 5.12. The summed E-state index contributed by atoms with van der Waals surface area (Å²) >= 11 is 0. The SMILES string of the molecule is CCn1c(NC(=O)CN2C(=O)C3CC=CCC3C2=O)nc2ccccc21. The number of hydrogen-bond acceptors (Lipinski definition) is 4. The van der Waals surface area contributed by atoms with Crippen LogP contribution in [0.2, 0.25) is 0 Å². The number of imidazole rings is 1. The van der Waals surface area contributed by atoms with Gasteiger partial charge in [-0.05, 0) is 31.9 Å². The van der Waals surface area contributed by atoms with E-state index in [-0.39, 0.29) is 30.2 Å². The number of imide groups is 1. The number of benzene rings is 1. The minimum Gasteiger partial charge on any atom is -0.310 e. The van der Waals surface area contributed by atoms with Gasteiger partial charge in [-0.15, -0.1) is 0 Å². The molecule has 1 aromatic heterocycles. The van der Waals surface area contributed by atoms with Crippen LogP contribution in [0.15, 0.2) is 36.4 Å². The molecule has 0 spiro atoms. The van der Waals surface area contributed by atoms with E-state index in [0.29, 0.717) is 25.3 Å². The molecule has 1 N–H and O–H groups in total. The molecule has 4 rings (SSSR count). The number of carbonyl (C=O) groups excluding carboxylic acids is 3. The number of aryl methyl sites for hydroxylation is 1. The average Bonchev–Trinajstić information content (AvgIpc) is 3.12. The van der Waals surface area contributed by atoms with E-state index >= 15 is 0 Å². The van der Waals surface area contributed by atoms with Gasteiger partial charge in [0.2, 0.25) is 23.7 Å². The summed E-state index contributed by atoms with van der Waals surface area (Å²) in [5, 5.41) is 2.75. The van der Waals surface area contributed by atoms with Crippen molar-refractivity contribution in [2.24, 2.45) is 11.8 Å². The topological polar surface area (TPSA) is 84.3 Å². The number of para-hydroxylation sites is 2. The van der Waals surface area contributed by atoms with Crippen LogP contribution in [0.25, 0.3) is 11.0 Å². The standard InChI is InChI=1S/C19H20N4O3/c1-2-22-15-10-6-5-9-14(15)20-19(22)21-16(24)11-23-17(25)12-7-3-4-8-13(12)18(23)26/h3-6,9-10,12-13H,2,7-8,11H2,1H3,(H,20,21,24). The van der Waals surface area contributed by atoms with Crippen molar-refractivity contribution in [3.05, 3.63) is 36.4 Å². The van der Waals surface area contributed by atoms with Crippen molar-refractivity contribution in [1.29, 1.82) is 0 Å². The molecule has 26 heavy (non-hydrogen) atoms. The second kappa shape index (κ2) is 6.40. The van der Waals surface area contributed by atoms with Crippen molar-refractivity contribution >= 4 is 34.7 Å². The number of carbonyl (C=O) groups is 3. The highest BCUT2D eigenvalue weighted by Gasteiger charge is 2.47. The Morgan fingerprint density at radius 2 is 1.81 bits per heavy atom. The van der Waals surface area contributed by atoms with Crippen molar-refractivity contribution in [1.82, 2.24) is 14.5 Å². The van der Waals surface area contributed by atoms with E-state index in [1.165, 1.54) is 0 Å². The van der Waals surface area contributed by atoms with E-state index in [2.05, 4.69) is 10.3 Å². The fourth-order valence-corrected chi connectivity index (χ4v) is 3.82. The highest BCUT2D eigenvalue weighted by Crippen LogP contribution is 2.34. The summed E-state index contributed by atoms with van der Waals surface area (Å²) in [7, 11) is 0. The second-order valence-corrected chi connectivity index (χ2v) is 6.63. The molecule has 0 radical (unpaired) electrons. The zero-order valence-corrected chi connectivity index (χ0v) is 14.5. The van der Waals surface area contributed by atoms with Crippen LogP contribution in [0.3, 0.4) is 0 Å². The van der Waals surface area contributed by atoms with Gasteiger partial charge in [0.05, 0.1) is 22.9 Å². The highest BCUT2D eigenvalue weighted by molar-refractivity contribution is 6.08. The van der Waals surface area contributed by atoms with Gasteiger partial charge in [0, 0.05) is 6.54 Å². The summed E-state index contributed by atoms with van der Waals surface area (Å²) in [5.74, 6) is -1.12. The van der Waals surface area contributed by atoms with Gasteiger partial charge in [-0.3, -0.25) is 24.6 Å². The number of aromatic nitrogens is 2. The summed E-state index contributed by atoms with van der Waals surface area (Å²) in [6.07, 6.45) is 5.00. The van der Waals surface area contributed by atoms with Crippen LogP contribution in [-0.4, -0.2) is 38.7 Å². The van der Waals surface area contributed by atoms with Gasteiger partial charge in [0.25, 0.3) is 0 Å². The Balaban J connectivity index is 1.51. The molecule has 0 bridgehead atoms. The van der Waals surface area contributed by atoms with Crippen LogP contribution in [-0.2, 0) is 20.9 Å². The van der Waals surface area contributed by atoms with Gasteiger partial charge >= 0.3 is 0 Å². The van der Waals surface area contributed by atoms with E-state index in [0.717, 1.165) is 15.9 Å². The Kier molecular flexibility index (Phi) is 4.06. The van der Waals surface area contributed by atoms with E-state index in [1.807, 2.05) is 47.9 Å². The maximum atomic E-state index is 12.5. The Labute approximate surface area is 150 Å². The first-order valence-corrected chi connectivity index (χ1v) is 8.85. The number of nitrogens with zero attached hydrogens (tertiary/aromatic N) is 3. The third kappa shape index (κ3) is 2.60. The summed E-state index contributed by atoms with van der Waals surface area (Å²) in [4.78, 5) is 43.0. The van der Waals surface area contributed by atoms with E-state index in [9.17, 15) is 14.4 Å². The maximum absolute atomic E-state index is 12.5. The molecular formula is C19H20N4O3. The number of anilines is 1. The van der Waals surface area contributed by atoms with Gasteiger partial charge in [0.1, 0.15) is 6.54 Å². The zero-order valence-electron chi connectivity index (χ0n) is 14.5. The van der Waals surface area contributed by atoms with Gasteiger partial charge in [0.15, 0.2) is 0 Å². The summed E-state index contributed by atoms with van der Waals surface area (Å²) in [5.41, 5.74) is 1.71. The molecular weight excluding hydrogens is 332 g/mol. The van der Waals surface area contributed by atoms with Crippen molar-refractivity contribution in [3.8, 4) is 0 Å². The summed E-state index contributed by atoms with van der Waals surface area (Å²) in [6, 6.07) is 7.62. The van der Waals surface area contributed by atoms with Crippen LogP contribution in [0.5, 0.6) is 0 Å². The van der Waals surface area contributed by atoms with Gasteiger partial charge in [-0.25, -0.2) is 4.98 Å². The maximum Gasteiger partial charge on any atom is 0.246 e. The molecule has 3 amide bonds. The molecule has 2 atom stereocenters. The smallest absolute Gasteiger partial charge is 0.246 e. The van der Waals surface area contributed by atoms with Crippen molar-refractivity contribution in [3.63, 3.8) is 0 Å². The minimum absolute atomic E-state index is 0.247. The lowest BCUT2D eigenvalue weighted by atomic mass is 9.85. The van der Waals surface area contributed by atoms with Crippen LogP contribution in [0.4, 0.5) is 5.95 Å². The molecule has 2 aromatic rings. The Bertz CT molecular complexity index is 904. The first-order valence-electron chi connectivity index (χ1n) is 8.85. The van der Waals surface area contributed by atoms with Crippen LogP contribution < -0.4 is 5.32 Å². The van der Waals surface area contributed by atoms with E-state index in [4.69, 9.17) is 0 Å². The fourth-order valence-electron chi connectivity index (χ4n) is 3.82.